The van der Waals surface area contributed by atoms with Crippen molar-refractivity contribution in [3.8, 4) is 11.9 Å². The number of aromatic carboxylic acids is 1. The van der Waals surface area contributed by atoms with Gasteiger partial charge in [0.1, 0.15) is 11.3 Å². The number of carboxylic acids is 1. The number of hydrogen-bond donors (Lipinski definition) is 3. The van der Waals surface area contributed by atoms with Crippen LogP contribution in [-0.4, -0.2) is 24.6 Å². The van der Waals surface area contributed by atoms with Crippen LogP contribution in [0.25, 0.3) is 0 Å². The topological polar surface area (TPSA) is 127 Å². The number of phenols is 1. The first-order chi connectivity index (χ1) is 7.38. The first-order valence-electron chi connectivity index (χ1n) is 3.85. The standard InChI is InChI=1S/C8H6N2O5S/c9-4-10-16(14,15)5-1-2-7(11)6(3-5)8(12)13/h1-3,10-11H,(H,12,13). The largest absolute Gasteiger partial charge is 0.507 e. The zero-order valence-electron chi connectivity index (χ0n) is 7.71. The number of rotatable bonds is 3. The molecule has 0 aliphatic heterocycles. The van der Waals surface area contributed by atoms with E-state index in [1.807, 2.05) is 0 Å². The van der Waals surface area contributed by atoms with E-state index in [1.165, 1.54) is 10.9 Å². The zero-order chi connectivity index (χ0) is 12.3. The number of hydrogen-bond acceptors (Lipinski definition) is 5. The molecule has 0 saturated carbocycles. The summed E-state index contributed by atoms with van der Waals surface area (Å²) in [5.41, 5.74) is -0.555. The van der Waals surface area contributed by atoms with Crippen LogP contribution in [0, 0.1) is 11.5 Å². The molecule has 0 fully saturated rings. The number of nitrogens with one attached hydrogen (secondary N) is 1. The monoisotopic (exact) mass is 242 g/mol. The number of sulfonamides is 1. The van der Waals surface area contributed by atoms with Crippen molar-refractivity contribution in [1.29, 1.82) is 5.26 Å². The van der Waals surface area contributed by atoms with Crippen molar-refractivity contribution < 1.29 is 23.4 Å². The van der Waals surface area contributed by atoms with Gasteiger partial charge in [-0.3, -0.25) is 0 Å². The minimum absolute atomic E-state index is 0.413. The zero-order valence-corrected chi connectivity index (χ0v) is 8.52. The molecule has 1 aromatic rings. The summed E-state index contributed by atoms with van der Waals surface area (Å²) in [5, 5.41) is 26.0. The van der Waals surface area contributed by atoms with Gasteiger partial charge in [0.25, 0.3) is 10.0 Å². The van der Waals surface area contributed by atoms with Crippen LogP contribution in [-0.2, 0) is 10.0 Å². The molecule has 1 aromatic carbocycles. The third-order valence-corrected chi connectivity index (χ3v) is 2.92. The Kier molecular flexibility index (Phi) is 3.01. The van der Waals surface area contributed by atoms with Gasteiger partial charge in [0.05, 0.1) is 4.90 Å². The van der Waals surface area contributed by atoms with Gasteiger partial charge in [-0.1, -0.05) is 0 Å². The Morgan fingerprint density at radius 3 is 2.56 bits per heavy atom. The lowest BCUT2D eigenvalue weighted by Gasteiger charge is -2.04. The Morgan fingerprint density at radius 1 is 1.44 bits per heavy atom. The fourth-order valence-corrected chi connectivity index (χ4v) is 1.73. The highest BCUT2D eigenvalue weighted by Crippen LogP contribution is 2.20. The number of carboxylic acid groups (broad SMARTS) is 1. The molecule has 0 aromatic heterocycles. The Morgan fingerprint density at radius 2 is 2.06 bits per heavy atom. The first kappa shape index (κ1) is 11.8. The van der Waals surface area contributed by atoms with Crippen molar-refractivity contribution in [2.45, 2.75) is 4.90 Å². The van der Waals surface area contributed by atoms with E-state index < -0.39 is 32.2 Å². The average Bonchev–Trinajstić information content (AvgIpc) is 2.17. The molecule has 8 heteroatoms. The van der Waals surface area contributed by atoms with Gasteiger partial charge in [-0.25, -0.2) is 17.9 Å². The maximum Gasteiger partial charge on any atom is 0.339 e. The van der Waals surface area contributed by atoms with E-state index >= 15 is 0 Å². The van der Waals surface area contributed by atoms with Crippen molar-refractivity contribution in [3.63, 3.8) is 0 Å². The van der Waals surface area contributed by atoms with Crippen LogP contribution < -0.4 is 4.72 Å². The summed E-state index contributed by atoms with van der Waals surface area (Å²) < 4.78 is 24.1. The van der Waals surface area contributed by atoms with Crippen LogP contribution in [0.4, 0.5) is 0 Å². The molecule has 0 atom stereocenters. The highest BCUT2D eigenvalue weighted by molar-refractivity contribution is 7.89. The Hall–Kier alpha value is -2.27. The number of carbonyl (C=O) groups is 1. The summed E-state index contributed by atoms with van der Waals surface area (Å²) >= 11 is 0. The van der Waals surface area contributed by atoms with E-state index in [2.05, 4.69) is 0 Å². The maximum absolute atomic E-state index is 11.3. The average molecular weight is 242 g/mol. The van der Waals surface area contributed by atoms with Gasteiger partial charge < -0.3 is 10.2 Å². The summed E-state index contributed by atoms with van der Waals surface area (Å²) in [7, 11) is -4.07. The Bertz CT molecular complexity index is 573. The Balaban J connectivity index is 3.35. The van der Waals surface area contributed by atoms with Gasteiger partial charge in [0.15, 0.2) is 6.19 Å². The quantitative estimate of drug-likeness (QED) is 0.499. The molecule has 0 amide bonds. The second-order valence-electron chi connectivity index (χ2n) is 2.70. The highest BCUT2D eigenvalue weighted by atomic mass is 32.2. The molecular weight excluding hydrogens is 236 g/mol. The summed E-state index contributed by atoms with van der Waals surface area (Å²) in [5.74, 6) is -2.02. The molecule has 0 heterocycles. The molecule has 0 saturated heterocycles. The van der Waals surface area contributed by atoms with Crippen LogP contribution >= 0.6 is 0 Å². The maximum atomic E-state index is 11.3. The molecule has 0 bridgehead atoms. The smallest absolute Gasteiger partial charge is 0.339 e. The third kappa shape index (κ3) is 2.21. The summed E-state index contributed by atoms with van der Waals surface area (Å²) in [6.45, 7) is 0. The van der Waals surface area contributed by atoms with Gasteiger partial charge in [-0.15, -0.1) is 0 Å². The lowest BCUT2D eigenvalue weighted by Crippen LogP contribution is -2.18. The third-order valence-electron chi connectivity index (χ3n) is 1.69. The fraction of sp³-hybridized carbons (Fsp3) is 0. The van der Waals surface area contributed by atoms with Gasteiger partial charge in [-0.05, 0) is 18.2 Å². The highest BCUT2D eigenvalue weighted by Gasteiger charge is 2.18. The normalized spacial score (nSPS) is 10.4. The molecular formula is C8H6N2O5S. The molecule has 0 spiro atoms. The molecule has 7 nitrogen and oxygen atoms in total. The number of aromatic hydroxyl groups is 1. The molecule has 1 rings (SSSR count). The first-order valence-corrected chi connectivity index (χ1v) is 5.34. The van der Waals surface area contributed by atoms with E-state index in [-0.39, 0.29) is 0 Å². The predicted octanol–water partition coefficient (Wildman–Crippen LogP) is -0.150. The van der Waals surface area contributed by atoms with Crippen molar-refractivity contribution >= 4 is 16.0 Å². The lowest BCUT2D eigenvalue weighted by molar-refractivity contribution is 0.0693. The molecule has 0 aliphatic carbocycles. The van der Waals surface area contributed by atoms with Gasteiger partial charge in [0.2, 0.25) is 0 Å². The fourth-order valence-electron chi connectivity index (χ4n) is 0.973. The van der Waals surface area contributed by atoms with Gasteiger partial charge >= 0.3 is 5.97 Å². The van der Waals surface area contributed by atoms with E-state index in [1.54, 1.807) is 0 Å². The van der Waals surface area contributed by atoms with Gasteiger partial charge in [-0.2, -0.15) is 5.26 Å². The SMILES string of the molecule is N#CNS(=O)(=O)c1ccc(O)c(C(=O)O)c1. The minimum atomic E-state index is -4.07. The number of benzene rings is 1. The molecule has 16 heavy (non-hydrogen) atoms. The molecule has 0 aliphatic rings. The van der Waals surface area contributed by atoms with Crippen molar-refractivity contribution in [2.24, 2.45) is 0 Å². The summed E-state index contributed by atoms with van der Waals surface area (Å²) in [6, 6.07) is 2.67. The van der Waals surface area contributed by atoms with Crippen LogP contribution in [0.1, 0.15) is 10.4 Å². The van der Waals surface area contributed by atoms with Gasteiger partial charge in [0, 0.05) is 0 Å². The van der Waals surface area contributed by atoms with Crippen LogP contribution in [0.2, 0.25) is 0 Å². The van der Waals surface area contributed by atoms with E-state index in [0.717, 1.165) is 18.2 Å². The number of nitrogens with zero attached hydrogens (tertiary/aromatic N) is 1. The predicted molar refractivity (Wildman–Crippen MR) is 51.0 cm³/mol. The summed E-state index contributed by atoms with van der Waals surface area (Å²) in [4.78, 5) is 10.2. The minimum Gasteiger partial charge on any atom is -0.507 e. The molecule has 0 unspecified atom stereocenters. The molecule has 84 valence electrons. The van der Waals surface area contributed by atoms with Crippen molar-refractivity contribution in [3.05, 3.63) is 23.8 Å². The van der Waals surface area contributed by atoms with E-state index in [4.69, 9.17) is 15.5 Å². The second-order valence-corrected chi connectivity index (χ2v) is 4.38. The number of nitriles is 1. The van der Waals surface area contributed by atoms with Crippen LogP contribution in [0.3, 0.4) is 0 Å². The van der Waals surface area contributed by atoms with E-state index in [9.17, 15) is 13.2 Å². The van der Waals surface area contributed by atoms with E-state index in [0.29, 0.717) is 0 Å². The lowest BCUT2D eigenvalue weighted by atomic mass is 10.2. The van der Waals surface area contributed by atoms with Crippen molar-refractivity contribution in [1.82, 2.24) is 4.72 Å². The second kappa shape index (κ2) is 4.08. The molecule has 3 N–H and O–H groups in total. The van der Waals surface area contributed by atoms with Crippen LogP contribution in [0.5, 0.6) is 5.75 Å². The summed E-state index contributed by atoms with van der Waals surface area (Å²) in [6.07, 6.45) is 1.22. The molecule has 0 radical (unpaired) electrons. The van der Waals surface area contributed by atoms with Crippen LogP contribution in [0.15, 0.2) is 23.1 Å². The van der Waals surface area contributed by atoms with Crippen molar-refractivity contribution in [2.75, 3.05) is 0 Å². The Labute approximate surface area is 90.6 Å².